The molecule has 16 heavy (non-hydrogen) atoms. The molecule has 1 N–H and O–H groups in total. The number of aliphatic imine (C=N–C) groups is 1. The quantitative estimate of drug-likeness (QED) is 0.371. The van der Waals surface area contributed by atoms with Crippen LogP contribution < -0.4 is 5.32 Å². The maximum atomic E-state index is 4.18. The fraction of sp³-hybridized carbons (Fsp3) is 0.750. The normalized spacial score (nSPS) is 16.2. The van der Waals surface area contributed by atoms with Gasteiger partial charge >= 0.3 is 0 Å². The lowest BCUT2D eigenvalue weighted by molar-refractivity contribution is 0.579. The molecule has 1 rings (SSSR count). The first-order chi connectivity index (χ1) is 7.24. The molecular formula is C12H24IN3. The molecule has 0 aromatic heterocycles. The first kappa shape index (κ1) is 15.7. The molecule has 94 valence electrons. The monoisotopic (exact) mass is 337 g/mol. The molecule has 0 aromatic rings. The second kappa shape index (κ2) is 8.84. The van der Waals surface area contributed by atoms with Gasteiger partial charge in [0.15, 0.2) is 5.96 Å². The van der Waals surface area contributed by atoms with Crippen LogP contribution in [0.4, 0.5) is 0 Å². The average molecular weight is 337 g/mol. The minimum absolute atomic E-state index is 0. The van der Waals surface area contributed by atoms with Crippen LogP contribution in [-0.4, -0.2) is 38.5 Å². The summed E-state index contributed by atoms with van der Waals surface area (Å²) in [5.41, 5.74) is 1.61. The van der Waals surface area contributed by atoms with E-state index in [9.17, 15) is 0 Å². The molecule has 0 atom stereocenters. The third kappa shape index (κ3) is 5.72. The Morgan fingerprint density at radius 2 is 2.19 bits per heavy atom. The van der Waals surface area contributed by atoms with E-state index in [0.29, 0.717) is 0 Å². The fourth-order valence-electron chi connectivity index (χ4n) is 1.90. The largest absolute Gasteiger partial charge is 0.356 e. The number of nitrogens with zero attached hydrogens (tertiary/aromatic N) is 2. The third-order valence-corrected chi connectivity index (χ3v) is 2.75. The van der Waals surface area contributed by atoms with Gasteiger partial charge in [0.05, 0.1) is 0 Å². The summed E-state index contributed by atoms with van der Waals surface area (Å²) in [7, 11) is 5.84. The van der Waals surface area contributed by atoms with Gasteiger partial charge in [0, 0.05) is 27.7 Å². The zero-order valence-electron chi connectivity index (χ0n) is 10.6. The molecule has 0 saturated heterocycles. The zero-order valence-corrected chi connectivity index (χ0v) is 13.0. The van der Waals surface area contributed by atoms with Gasteiger partial charge in [-0.25, -0.2) is 0 Å². The van der Waals surface area contributed by atoms with Gasteiger partial charge in [-0.05, 0) is 32.1 Å². The van der Waals surface area contributed by atoms with Gasteiger partial charge in [0.1, 0.15) is 0 Å². The van der Waals surface area contributed by atoms with Gasteiger partial charge in [-0.3, -0.25) is 4.99 Å². The van der Waals surface area contributed by atoms with E-state index in [1.807, 2.05) is 26.0 Å². The summed E-state index contributed by atoms with van der Waals surface area (Å²) in [5, 5.41) is 3.35. The van der Waals surface area contributed by atoms with Crippen LogP contribution in [0.3, 0.4) is 0 Å². The summed E-state index contributed by atoms with van der Waals surface area (Å²) < 4.78 is 0. The molecule has 0 bridgehead atoms. The van der Waals surface area contributed by atoms with Crippen molar-refractivity contribution < 1.29 is 0 Å². The molecule has 1 aliphatic carbocycles. The number of rotatable bonds is 3. The van der Waals surface area contributed by atoms with Crippen molar-refractivity contribution in [1.29, 1.82) is 0 Å². The van der Waals surface area contributed by atoms with Crippen LogP contribution in [0.25, 0.3) is 0 Å². The van der Waals surface area contributed by atoms with Gasteiger partial charge in [0.2, 0.25) is 0 Å². The molecule has 0 amide bonds. The third-order valence-electron chi connectivity index (χ3n) is 2.75. The highest BCUT2D eigenvalue weighted by molar-refractivity contribution is 14.0. The summed E-state index contributed by atoms with van der Waals surface area (Å²) in [6.45, 7) is 0.997. The van der Waals surface area contributed by atoms with Crippen molar-refractivity contribution >= 4 is 29.9 Å². The minimum Gasteiger partial charge on any atom is -0.356 e. The number of guanidine groups is 1. The number of hydrogen-bond acceptors (Lipinski definition) is 1. The van der Waals surface area contributed by atoms with Crippen molar-refractivity contribution in [2.45, 2.75) is 32.1 Å². The molecule has 1 aliphatic rings. The number of hydrogen-bond donors (Lipinski definition) is 1. The topological polar surface area (TPSA) is 27.6 Å². The second-order valence-electron chi connectivity index (χ2n) is 4.23. The van der Waals surface area contributed by atoms with E-state index in [-0.39, 0.29) is 24.0 Å². The second-order valence-corrected chi connectivity index (χ2v) is 4.23. The Balaban J connectivity index is 0.00000225. The smallest absolute Gasteiger partial charge is 0.193 e. The van der Waals surface area contributed by atoms with Gasteiger partial charge in [0.25, 0.3) is 0 Å². The van der Waals surface area contributed by atoms with Crippen molar-refractivity contribution in [3.8, 4) is 0 Å². The maximum Gasteiger partial charge on any atom is 0.193 e. The zero-order chi connectivity index (χ0) is 11.1. The molecule has 0 saturated carbocycles. The van der Waals surface area contributed by atoms with E-state index >= 15 is 0 Å². The molecular weight excluding hydrogens is 313 g/mol. The van der Waals surface area contributed by atoms with Gasteiger partial charge < -0.3 is 10.2 Å². The van der Waals surface area contributed by atoms with Crippen molar-refractivity contribution in [3.63, 3.8) is 0 Å². The lowest BCUT2D eigenvalue weighted by Crippen LogP contribution is -2.36. The van der Waals surface area contributed by atoms with Crippen molar-refractivity contribution in [2.24, 2.45) is 4.99 Å². The molecule has 0 radical (unpaired) electrons. The minimum atomic E-state index is 0. The van der Waals surface area contributed by atoms with Crippen LogP contribution >= 0.6 is 24.0 Å². The Bertz CT molecular complexity index is 247. The Kier molecular flexibility index (Phi) is 8.70. The molecule has 0 aromatic carbocycles. The van der Waals surface area contributed by atoms with Crippen molar-refractivity contribution in [3.05, 3.63) is 11.6 Å². The van der Waals surface area contributed by atoms with E-state index in [0.717, 1.165) is 18.9 Å². The van der Waals surface area contributed by atoms with Crippen molar-refractivity contribution in [1.82, 2.24) is 10.2 Å². The number of allylic oxidation sites excluding steroid dienone is 1. The van der Waals surface area contributed by atoms with E-state index in [2.05, 4.69) is 16.4 Å². The van der Waals surface area contributed by atoms with Crippen LogP contribution in [-0.2, 0) is 0 Å². The molecule has 3 nitrogen and oxygen atoms in total. The maximum absolute atomic E-state index is 4.18. The summed E-state index contributed by atoms with van der Waals surface area (Å²) in [4.78, 5) is 6.19. The van der Waals surface area contributed by atoms with Gasteiger partial charge in [-0.2, -0.15) is 0 Å². The number of nitrogens with one attached hydrogen (secondary N) is 1. The predicted molar refractivity (Wildman–Crippen MR) is 81.6 cm³/mol. The number of halogens is 1. The summed E-state index contributed by atoms with van der Waals surface area (Å²) in [6, 6.07) is 0. The Hall–Kier alpha value is -0.260. The summed E-state index contributed by atoms with van der Waals surface area (Å²) in [6.07, 6.45) is 8.88. The summed E-state index contributed by atoms with van der Waals surface area (Å²) >= 11 is 0. The van der Waals surface area contributed by atoms with Crippen LogP contribution in [0.15, 0.2) is 16.6 Å². The highest BCUT2D eigenvalue weighted by Crippen LogP contribution is 2.19. The molecule has 0 aliphatic heterocycles. The van der Waals surface area contributed by atoms with Gasteiger partial charge in [-0.15, -0.1) is 24.0 Å². The van der Waals surface area contributed by atoms with E-state index in [1.165, 1.54) is 25.7 Å². The fourth-order valence-corrected chi connectivity index (χ4v) is 1.90. The van der Waals surface area contributed by atoms with Crippen molar-refractivity contribution in [2.75, 3.05) is 27.7 Å². The highest BCUT2D eigenvalue weighted by Gasteiger charge is 2.04. The first-order valence-electron chi connectivity index (χ1n) is 5.80. The molecule has 0 heterocycles. The lowest BCUT2D eigenvalue weighted by atomic mass is 9.97. The van der Waals surface area contributed by atoms with Crippen LogP contribution in [0.2, 0.25) is 0 Å². The molecule has 4 heteroatoms. The van der Waals surface area contributed by atoms with Crippen LogP contribution in [0.5, 0.6) is 0 Å². The van der Waals surface area contributed by atoms with E-state index in [4.69, 9.17) is 0 Å². The molecule has 0 unspecified atom stereocenters. The standard InChI is InChI=1S/C12H23N3.HI/c1-13-12(15(2)3)14-10-9-11-7-5-4-6-8-11;/h7H,4-6,8-10H2,1-3H3,(H,13,14);1H. The molecule has 0 spiro atoms. The van der Waals surface area contributed by atoms with E-state index < -0.39 is 0 Å². The van der Waals surface area contributed by atoms with Crippen LogP contribution in [0.1, 0.15) is 32.1 Å². The van der Waals surface area contributed by atoms with Crippen LogP contribution in [0, 0.1) is 0 Å². The SMILES string of the molecule is CN=C(NCCC1=CCCCC1)N(C)C.I. The summed E-state index contributed by atoms with van der Waals surface area (Å²) in [5.74, 6) is 0.964. The average Bonchev–Trinajstić information content (AvgIpc) is 2.25. The molecule has 0 fully saturated rings. The predicted octanol–water partition coefficient (Wildman–Crippen LogP) is 2.63. The first-order valence-corrected chi connectivity index (χ1v) is 5.80. The van der Waals surface area contributed by atoms with E-state index in [1.54, 1.807) is 5.57 Å². The van der Waals surface area contributed by atoms with Gasteiger partial charge in [-0.1, -0.05) is 11.6 Å². The Labute approximate surface area is 116 Å². The lowest BCUT2D eigenvalue weighted by Gasteiger charge is -2.18. The Morgan fingerprint density at radius 1 is 1.44 bits per heavy atom. The Morgan fingerprint density at radius 3 is 2.69 bits per heavy atom. The highest BCUT2D eigenvalue weighted by atomic mass is 127.